The number of carbonyl (C=O) groups excluding carboxylic acids is 1. The number of rotatable bonds is 6. The molecule has 136 valence electrons. The number of ketones is 1. The van der Waals surface area contributed by atoms with Crippen molar-refractivity contribution in [3.05, 3.63) is 29.3 Å². The van der Waals surface area contributed by atoms with E-state index in [1.807, 2.05) is 6.07 Å². The Morgan fingerprint density at radius 1 is 1.24 bits per heavy atom. The van der Waals surface area contributed by atoms with Crippen LogP contribution < -0.4 is 4.90 Å². The topological polar surface area (TPSA) is 60.9 Å². The van der Waals surface area contributed by atoms with Crippen molar-refractivity contribution >= 4 is 17.4 Å². The molecule has 25 heavy (non-hydrogen) atoms. The Kier molecular flexibility index (Phi) is 5.74. The normalized spacial score (nSPS) is 21.0. The number of hydrogen-bond donors (Lipinski definition) is 1. The highest BCUT2D eigenvalue weighted by molar-refractivity contribution is 5.97. The smallest absolute Gasteiger partial charge is 0.307 e. The van der Waals surface area contributed by atoms with E-state index in [9.17, 15) is 9.59 Å². The van der Waals surface area contributed by atoms with E-state index in [-0.39, 0.29) is 11.7 Å². The van der Waals surface area contributed by atoms with Crippen LogP contribution >= 0.6 is 0 Å². The summed E-state index contributed by atoms with van der Waals surface area (Å²) in [4.78, 5) is 28.2. The van der Waals surface area contributed by atoms with Gasteiger partial charge in [-0.2, -0.15) is 0 Å². The highest BCUT2D eigenvalue weighted by atomic mass is 16.4. The van der Waals surface area contributed by atoms with Gasteiger partial charge in [0.15, 0.2) is 5.78 Å². The third-order valence-corrected chi connectivity index (χ3v) is 5.51. The molecule has 2 heterocycles. The van der Waals surface area contributed by atoms with E-state index in [0.717, 1.165) is 50.9 Å². The van der Waals surface area contributed by atoms with Gasteiger partial charge in [0.05, 0.1) is 5.92 Å². The van der Waals surface area contributed by atoms with Gasteiger partial charge in [0.2, 0.25) is 0 Å². The first-order valence-electron chi connectivity index (χ1n) is 9.44. The number of likely N-dealkylation sites (tertiary alicyclic amines) is 1. The fourth-order valence-electron chi connectivity index (χ4n) is 4.04. The number of anilines is 1. The monoisotopic (exact) mass is 344 g/mol. The van der Waals surface area contributed by atoms with Crippen LogP contribution in [-0.2, 0) is 11.2 Å². The van der Waals surface area contributed by atoms with Crippen LogP contribution in [0.4, 0.5) is 5.69 Å². The van der Waals surface area contributed by atoms with Crippen molar-refractivity contribution in [1.82, 2.24) is 4.90 Å². The summed E-state index contributed by atoms with van der Waals surface area (Å²) in [7, 11) is 0. The number of aliphatic carboxylic acids is 1. The third-order valence-electron chi connectivity index (χ3n) is 5.51. The van der Waals surface area contributed by atoms with Gasteiger partial charge in [0.25, 0.3) is 0 Å². The lowest BCUT2D eigenvalue weighted by molar-refractivity contribution is -0.143. The number of nitrogens with zero attached hydrogens (tertiary/aromatic N) is 2. The minimum absolute atomic E-state index is 0.161. The lowest BCUT2D eigenvalue weighted by Gasteiger charge is -2.31. The molecule has 3 rings (SSSR count). The largest absolute Gasteiger partial charge is 0.481 e. The van der Waals surface area contributed by atoms with Crippen LogP contribution in [0.5, 0.6) is 0 Å². The van der Waals surface area contributed by atoms with Crippen molar-refractivity contribution in [3.63, 3.8) is 0 Å². The van der Waals surface area contributed by atoms with E-state index in [0.29, 0.717) is 19.5 Å². The number of carboxylic acid groups (broad SMARTS) is 1. The summed E-state index contributed by atoms with van der Waals surface area (Å²) < 4.78 is 0. The lowest BCUT2D eigenvalue weighted by Crippen LogP contribution is -2.39. The molecule has 1 unspecified atom stereocenters. The zero-order chi connectivity index (χ0) is 17.8. The Hall–Kier alpha value is -1.88. The van der Waals surface area contributed by atoms with Crippen molar-refractivity contribution in [2.24, 2.45) is 5.92 Å². The first kappa shape index (κ1) is 17.9. The maximum absolute atomic E-state index is 12.6. The highest BCUT2D eigenvalue weighted by Gasteiger charge is 2.25. The maximum atomic E-state index is 12.6. The molecule has 1 atom stereocenters. The Labute approximate surface area is 149 Å². The van der Waals surface area contributed by atoms with E-state index in [2.05, 4.69) is 28.9 Å². The second kappa shape index (κ2) is 8.00. The van der Waals surface area contributed by atoms with Crippen molar-refractivity contribution in [2.45, 2.75) is 39.0 Å². The fourth-order valence-corrected chi connectivity index (χ4v) is 4.04. The van der Waals surface area contributed by atoms with E-state index in [1.54, 1.807) is 0 Å². The minimum Gasteiger partial charge on any atom is -0.481 e. The van der Waals surface area contributed by atoms with E-state index in [1.165, 1.54) is 11.3 Å². The quantitative estimate of drug-likeness (QED) is 0.804. The Morgan fingerprint density at radius 2 is 2.08 bits per heavy atom. The molecule has 2 aliphatic rings. The number of fused-ring (bicyclic) bond motifs is 1. The Morgan fingerprint density at radius 3 is 2.84 bits per heavy atom. The number of piperidine rings is 1. The number of hydrogen-bond acceptors (Lipinski definition) is 4. The summed E-state index contributed by atoms with van der Waals surface area (Å²) in [5, 5.41) is 9.17. The molecule has 1 N–H and O–H groups in total. The van der Waals surface area contributed by atoms with Gasteiger partial charge in [-0.05, 0) is 62.9 Å². The minimum atomic E-state index is -0.716. The Balaban J connectivity index is 1.59. The first-order chi connectivity index (χ1) is 12.1. The van der Waals surface area contributed by atoms with E-state index in [4.69, 9.17) is 5.11 Å². The molecule has 5 heteroatoms. The standard InChI is InChI=1S/C20H28N2O3/c1-2-22-11-4-5-15-13-16(7-8-18(15)22)19(23)9-12-21-10-3-6-17(14-21)20(24)25/h7-8,13,17H,2-6,9-12,14H2,1H3,(H,24,25). The molecule has 0 saturated carbocycles. The van der Waals surface area contributed by atoms with Crippen LogP contribution in [-0.4, -0.2) is 54.5 Å². The van der Waals surface area contributed by atoms with Crippen LogP contribution in [0.1, 0.15) is 48.5 Å². The molecule has 0 amide bonds. The molecule has 0 aromatic heterocycles. The van der Waals surface area contributed by atoms with Gasteiger partial charge in [0.1, 0.15) is 0 Å². The molecule has 0 bridgehead atoms. The van der Waals surface area contributed by atoms with Gasteiger partial charge in [-0.15, -0.1) is 0 Å². The molecule has 5 nitrogen and oxygen atoms in total. The van der Waals surface area contributed by atoms with Gasteiger partial charge < -0.3 is 14.9 Å². The van der Waals surface area contributed by atoms with Crippen molar-refractivity contribution in [2.75, 3.05) is 37.6 Å². The van der Waals surface area contributed by atoms with E-state index >= 15 is 0 Å². The third kappa shape index (κ3) is 4.21. The molecular formula is C20H28N2O3. The lowest BCUT2D eigenvalue weighted by atomic mass is 9.96. The maximum Gasteiger partial charge on any atom is 0.307 e. The van der Waals surface area contributed by atoms with Crippen LogP contribution in [0.2, 0.25) is 0 Å². The molecule has 1 aromatic rings. The average Bonchev–Trinajstić information content (AvgIpc) is 2.65. The number of Topliss-reactive ketones (excluding diaryl/α,β-unsaturated/α-hetero) is 1. The second-order valence-electron chi connectivity index (χ2n) is 7.18. The first-order valence-corrected chi connectivity index (χ1v) is 9.44. The van der Waals surface area contributed by atoms with Crippen LogP contribution in [0.15, 0.2) is 18.2 Å². The average molecular weight is 344 g/mol. The summed E-state index contributed by atoms with van der Waals surface area (Å²) in [6, 6.07) is 6.10. The van der Waals surface area contributed by atoms with Crippen molar-refractivity contribution in [1.29, 1.82) is 0 Å². The summed E-state index contributed by atoms with van der Waals surface area (Å²) >= 11 is 0. The van der Waals surface area contributed by atoms with Crippen molar-refractivity contribution < 1.29 is 14.7 Å². The van der Waals surface area contributed by atoms with Crippen LogP contribution in [0.25, 0.3) is 0 Å². The van der Waals surface area contributed by atoms with Crippen LogP contribution in [0.3, 0.4) is 0 Å². The SMILES string of the molecule is CCN1CCCc2cc(C(=O)CCN3CCCC(C(=O)O)C3)ccc21. The van der Waals surface area contributed by atoms with Gasteiger partial charge in [-0.3, -0.25) is 9.59 Å². The van der Waals surface area contributed by atoms with Gasteiger partial charge >= 0.3 is 5.97 Å². The fraction of sp³-hybridized carbons (Fsp3) is 0.600. The molecule has 1 fully saturated rings. The predicted molar refractivity (Wildman–Crippen MR) is 98.4 cm³/mol. The van der Waals surface area contributed by atoms with E-state index < -0.39 is 5.97 Å². The molecule has 1 saturated heterocycles. The predicted octanol–water partition coefficient (Wildman–Crippen LogP) is 2.83. The number of carbonyl (C=O) groups is 2. The molecular weight excluding hydrogens is 316 g/mol. The summed E-state index contributed by atoms with van der Waals surface area (Å²) in [6.45, 7) is 6.37. The molecule has 2 aliphatic heterocycles. The second-order valence-corrected chi connectivity index (χ2v) is 7.18. The number of benzene rings is 1. The number of aryl methyl sites for hydroxylation is 1. The summed E-state index contributed by atoms with van der Waals surface area (Å²) in [5.41, 5.74) is 3.34. The molecule has 0 radical (unpaired) electrons. The summed E-state index contributed by atoms with van der Waals surface area (Å²) in [5.74, 6) is -0.840. The zero-order valence-electron chi connectivity index (χ0n) is 15.0. The molecule has 0 aliphatic carbocycles. The molecule has 0 spiro atoms. The van der Waals surface area contributed by atoms with Crippen molar-refractivity contribution in [3.8, 4) is 0 Å². The zero-order valence-corrected chi connectivity index (χ0v) is 15.0. The van der Waals surface area contributed by atoms with Crippen LogP contribution in [0, 0.1) is 5.92 Å². The van der Waals surface area contributed by atoms with Gasteiger partial charge in [-0.1, -0.05) is 0 Å². The van der Waals surface area contributed by atoms with Gasteiger partial charge in [-0.25, -0.2) is 0 Å². The molecule has 1 aromatic carbocycles. The van der Waals surface area contributed by atoms with Gasteiger partial charge in [0, 0.05) is 43.9 Å². The summed E-state index contributed by atoms with van der Waals surface area (Å²) in [6.07, 6.45) is 4.29. The highest BCUT2D eigenvalue weighted by Crippen LogP contribution is 2.28. The number of carboxylic acids is 1. The Bertz CT molecular complexity index is 644.